The summed E-state index contributed by atoms with van der Waals surface area (Å²) in [6.45, 7) is 0.156. The van der Waals surface area contributed by atoms with Crippen LogP contribution in [0.25, 0.3) is 11.3 Å². The molecule has 3 rings (SSSR count). The van der Waals surface area contributed by atoms with E-state index in [4.69, 9.17) is 0 Å². The fourth-order valence-electron chi connectivity index (χ4n) is 2.04. The Balaban J connectivity index is 1.94. The average Bonchev–Trinajstić information content (AvgIpc) is 3.05. The van der Waals surface area contributed by atoms with Gasteiger partial charge in [-0.05, 0) is 18.2 Å². The summed E-state index contributed by atoms with van der Waals surface area (Å²) in [5.41, 5.74) is -1.06. The van der Waals surface area contributed by atoms with Crippen molar-refractivity contribution in [2.75, 3.05) is 5.32 Å². The van der Waals surface area contributed by atoms with Crippen molar-refractivity contribution in [1.82, 2.24) is 15.0 Å². The molecule has 9 heteroatoms. The van der Waals surface area contributed by atoms with Gasteiger partial charge in [0.25, 0.3) is 0 Å². The molecule has 0 saturated carbocycles. The van der Waals surface area contributed by atoms with E-state index in [-0.39, 0.29) is 23.5 Å². The monoisotopic (exact) mass is 354 g/mol. The molecule has 0 fully saturated rings. The summed E-state index contributed by atoms with van der Waals surface area (Å²) in [4.78, 5) is 11.3. The van der Waals surface area contributed by atoms with Crippen molar-refractivity contribution in [2.24, 2.45) is 0 Å². The third-order valence-corrected chi connectivity index (χ3v) is 3.86. The number of hydrogen-bond acceptors (Lipinski definition) is 5. The zero-order valence-corrected chi connectivity index (χ0v) is 12.8. The van der Waals surface area contributed by atoms with Crippen molar-refractivity contribution < 1.29 is 17.6 Å². The van der Waals surface area contributed by atoms with Gasteiger partial charge in [0.1, 0.15) is 10.8 Å². The lowest BCUT2D eigenvalue weighted by Crippen LogP contribution is -2.13. The van der Waals surface area contributed by atoms with Gasteiger partial charge < -0.3 is 5.32 Å². The molecule has 0 bridgehead atoms. The van der Waals surface area contributed by atoms with Crippen molar-refractivity contribution in [3.05, 3.63) is 58.7 Å². The third kappa shape index (κ3) is 3.67. The lowest BCUT2D eigenvalue weighted by atomic mass is 10.1. The fraction of sp³-hybridized carbons (Fsp3) is 0.133. The largest absolute Gasteiger partial charge is 0.435 e. The van der Waals surface area contributed by atoms with Gasteiger partial charge in [-0.2, -0.15) is 13.2 Å². The molecule has 0 unspecified atom stereocenters. The van der Waals surface area contributed by atoms with E-state index in [0.29, 0.717) is 5.01 Å². The molecule has 3 heterocycles. The molecule has 0 saturated heterocycles. The third-order valence-electron chi connectivity index (χ3n) is 3.08. The smallest absolute Gasteiger partial charge is 0.377 e. The quantitative estimate of drug-likeness (QED) is 0.707. The van der Waals surface area contributed by atoms with Crippen molar-refractivity contribution >= 4 is 17.0 Å². The summed E-state index contributed by atoms with van der Waals surface area (Å²) in [7, 11) is 0. The van der Waals surface area contributed by atoms with Gasteiger partial charge in [-0.3, -0.25) is 4.98 Å². The lowest BCUT2D eigenvalue weighted by Gasteiger charge is -2.14. The van der Waals surface area contributed by atoms with E-state index in [1.807, 2.05) is 0 Å². The predicted octanol–water partition coefficient (Wildman–Crippen LogP) is 4.37. The molecule has 0 aromatic carbocycles. The number of hydrogen-bond donors (Lipinski definition) is 1. The van der Waals surface area contributed by atoms with Gasteiger partial charge >= 0.3 is 6.18 Å². The molecule has 0 atom stereocenters. The summed E-state index contributed by atoms with van der Waals surface area (Å²) >= 11 is 1.33. The van der Waals surface area contributed by atoms with E-state index in [0.717, 1.165) is 12.3 Å². The summed E-state index contributed by atoms with van der Waals surface area (Å²) in [6, 6.07) is 3.73. The van der Waals surface area contributed by atoms with Gasteiger partial charge in [-0.15, -0.1) is 11.3 Å². The SMILES string of the molecule is Fc1cncc(-c2ccc(NCc3nccs3)c(C(F)(F)F)n2)c1. The summed E-state index contributed by atoms with van der Waals surface area (Å²) in [6.07, 6.45) is -0.848. The normalized spacial score (nSPS) is 11.5. The number of nitrogens with one attached hydrogen (secondary N) is 1. The Morgan fingerprint density at radius 1 is 1.17 bits per heavy atom. The molecule has 0 aliphatic heterocycles. The minimum Gasteiger partial charge on any atom is -0.377 e. The maximum Gasteiger partial charge on any atom is 0.435 e. The second kappa shape index (κ2) is 6.52. The van der Waals surface area contributed by atoms with Crippen LogP contribution in [-0.2, 0) is 12.7 Å². The number of anilines is 1. The number of alkyl halides is 3. The molecular formula is C15H10F4N4S. The van der Waals surface area contributed by atoms with Crippen LogP contribution in [0.5, 0.6) is 0 Å². The van der Waals surface area contributed by atoms with Gasteiger partial charge in [-0.25, -0.2) is 14.4 Å². The van der Waals surface area contributed by atoms with Crippen LogP contribution in [0.3, 0.4) is 0 Å². The van der Waals surface area contributed by atoms with Crippen LogP contribution in [0.4, 0.5) is 23.2 Å². The van der Waals surface area contributed by atoms with Crippen molar-refractivity contribution in [3.8, 4) is 11.3 Å². The van der Waals surface area contributed by atoms with E-state index in [1.54, 1.807) is 11.6 Å². The Bertz CT molecular complexity index is 834. The van der Waals surface area contributed by atoms with Crippen LogP contribution >= 0.6 is 11.3 Å². The van der Waals surface area contributed by atoms with Gasteiger partial charge in [0.05, 0.1) is 24.1 Å². The van der Waals surface area contributed by atoms with Crippen molar-refractivity contribution in [3.63, 3.8) is 0 Å². The standard InChI is InChI=1S/C15H10F4N4S/c16-10-5-9(6-20-7-10)11-1-2-12(14(23-11)15(17,18)19)22-8-13-21-3-4-24-13/h1-7,22H,8H2. The predicted molar refractivity (Wildman–Crippen MR) is 81.9 cm³/mol. The Hall–Kier alpha value is -2.55. The summed E-state index contributed by atoms with van der Waals surface area (Å²) in [5, 5.41) is 5.08. The summed E-state index contributed by atoms with van der Waals surface area (Å²) in [5.74, 6) is -0.645. The van der Waals surface area contributed by atoms with Gasteiger partial charge in [-0.1, -0.05) is 0 Å². The maximum atomic E-state index is 13.3. The number of pyridine rings is 2. The zero-order chi connectivity index (χ0) is 17.2. The Morgan fingerprint density at radius 2 is 2.00 bits per heavy atom. The topological polar surface area (TPSA) is 50.7 Å². The Labute approximate surface area is 138 Å². The highest BCUT2D eigenvalue weighted by Crippen LogP contribution is 2.35. The van der Waals surface area contributed by atoms with Crippen LogP contribution in [-0.4, -0.2) is 15.0 Å². The minimum absolute atomic E-state index is 0.00544. The second-order valence-corrected chi connectivity index (χ2v) is 5.74. The van der Waals surface area contributed by atoms with Crippen LogP contribution < -0.4 is 5.32 Å². The second-order valence-electron chi connectivity index (χ2n) is 4.76. The molecule has 3 aromatic heterocycles. The number of aromatic nitrogens is 3. The molecular weight excluding hydrogens is 344 g/mol. The van der Waals surface area contributed by atoms with Gasteiger partial charge in [0.15, 0.2) is 5.69 Å². The highest BCUT2D eigenvalue weighted by atomic mass is 32.1. The average molecular weight is 354 g/mol. The van der Waals surface area contributed by atoms with Crippen LogP contribution in [0.2, 0.25) is 0 Å². The molecule has 0 aliphatic rings. The number of halogens is 4. The van der Waals surface area contributed by atoms with E-state index in [9.17, 15) is 17.6 Å². The number of nitrogens with zero attached hydrogens (tertiary/aromatic N) is 3. The molecule has 124 valence electrons. The highest BCUT2D eigenvalue weighted by molar-refractivity contribution is 7.09. The first kappa shape index (κ1) is 16.3. The first-order valence-electron chi connectivity index (χ1n) is 6.75. The highest BCUT2D eigenvalue weighted by Gasteiger charge is 2.36. The zero-order valence-electron chi connectivity index (χ0n) is 12.0. The molecule has 0 spiro atoms. The van der Waals surface area contributed by atoms with Crippen LogP contribution in [0.15, 0.2) is 42.2 Å². The van der Waals surface area contributed by atoms with E-state index < -0.39 is 17.7 Å². The Morgan fingerprint density at radius 3 is 2.67 bits per heavy atom. The maximum absolute atomic E-state index is 13.3. The fourth-order valence-corrected chi connectivity index (χ4v) is 2.60. The van der Waals surface area contributed by atoms with E-state index >= 15 is 0 Å². The first-order chi connectivity index (χ1) is 11.4. The molecule has 1 N–H and O–H groups in total. The molecule has 0 amide bonds. The van der Waals surface area contributed by atoms with E-state index in [1.165, 1.54) is 29.7 Å². The summed E-state index contributed by atoms with van der Waals surface area (Å²) < 4.78 is 53.1. The first-order valence-corrected chi connectivity index (χ1v) is 7.63. The van der Waals surface area contributed by atoms with E-state index in [2.05, 4.69) is 20.3 Å². The van der Waals surface area contributed by atoms with Gasteiger partial charge in [0, 0.05) is 23.3 Å². The molecule has 0 radical (unpaired) electrons. The Kier molecular flexibility index (Phi) is 4.43. The molecule has 24 heavy (non-hydrogen) atoms. The minimum atomic E-state index is -4.65. The van der Waals surface area contributed by atoms with Crippen molar-refractivity contribution in [1.29, 1.82) is 0 Å². The molecule has 0 aliphatic carbocycles. The van der Waals surface area contributed by atoms with Crippen molar-refractivity contribution in [2.45, 2.75) is 12.7 Å². The lowest BCUT2D eigenvalue weighted by molar-refractivity contribution is -0.140. The van der Waals surface area contributed by atoms with Crippen LogP contribution in [0, 0.1) is 5.82 Å². The van der Waals surface area contributed by atoms with Gasteiger partial charge in [0.2, 0.25) is 0 Å². The molecule has 4 nitrogen and oxygen atoms in total. The number of thiazole rings is 1. The number of rotatable bonds is 4. The molecule has 3 aromatic rings. The van der Waals surface area contributed by atoms with Crippen LogP contribution in [0.1, 0.15) is 10.7 Å².